The standard InChI is InChI=1S/C24H32O2/c1-6-7-8-9-10-11-20(21-14-16(2)12-18(4)23(21)25)22-15-17(3)13-19(5)24(22)26/h8-9,12-15,20,25-26H,6-7,10-11H2,1-5H3. The van der Waals surface area contributed by atoms with Crippen molar-refractivity contribution in [2.45, 2.75) is 66.2 Å². The van der Waals surface area contributed by atoms with Crippen molar-refractivity contribution < 1.29 is 10.2 Å². The molecule has 2 nitrogen and oxygen atoms in total. The zero-order valence-corrected chi connectivity index (χ0v) is 16.8. The minimum Gasteiger partial charge on any atom is -0.507 e. The Hall–Kier alpha value is -2.22. The van der Waals surface area contributed by atoms with Gasteiger partial charge in [0.25, 0.3) is 0 Å². The summed E-state index contributed by atoms with van der Waals surface area (Å²) in [5.74, 6) is 0.659. The fourth-order valence-corrected chi connectivity index (χ4v) is 3.66. The molecule has 0 aromatic heterocycles. The summed E-state index contributed by atoms with van der Waals surface area (Å²) in [4.78, 5) is 0. The lowest BCUT2D eigenvalue weighted by molar-refractivity contribution is 0.446. The van der Waals surface area contributed by atoms with Crippen molar-refractivity contribution in [2.24, 2.45) is 0 Å². The van der Waals surface area contributed by atoms with E-state index in [-0.39, 0.29) is 5.92 Å². The van der Waals surface area contributed by atoms with Gasteiger partial charge in [0.05, 0.1) is 0 Å². The van der Waals surface area contributed by atoms with Gasteiger partial charge in [-0.15, -0.1) is 0 Å². The van der Waals surface area contributed by atoms with Gasteiger partial charge in [-0.25, -0.2) is 0 Å². The van der Waals surface area contributed by atoms with Crippen molar-refractivity contribution in [3.8, 4) is 11.5 Å². The predicted octanol–water partition coefficient (Wildman–Crippen LogP) is 6.60. The molecule has 0 heterocycles. The number of rotatable bonds is 7. The third kappa shape index (κ3) is 4.69. The summed E-state index contributed by atoms with van der Waals surface area (Å²) in [5, 5.41) is 21.4. The molecule has 140 valence electrons. The van der Waals surface area contributed by atoms with Crippen molar-refractivity contribution in [3.63, 3.8) is 0 Å². The van der Waals surface area contributed by atoms with Crippen LogP contribution in [0.15, 0.2) is 36.4 Å². The summed E-state index contributed by atoms with van der Waals surface area (Å²) in [6, 6.07) is 8.11. The average Bonchev–Trinajstić information content (AvgIpc) is 2.58. The van der Waals surface area contributed by atoms with Gasteiger partial charge in [-0.05, 0) is 58.1 Å². The molecule has 0 aliphatic heterocycles. The summed E-state index contributed by atoms with van der Waals surface area (Å²) in [6.45, 7) is 10.1. The summed E-state index contributed by atoms with van der Waals surface area (Å²) in [6.07, 6.45) is 8.45. The van der Waals surface area contributed by atoms with E-state index in [1.807, 2.05) is 26.0 Å². The van der Waals surface area contributed by atoms with Crippen LogP contribution in [-0.2, 0) is 0 Å². The molecule has 0 radical (unpaired) electrons. The Morgan fingerprint density at radius 3 is 1.69 bits per heavy atom. The Bertz CT molecular complexity index is 730. The quantitative estimate of drug-likeness (QED) is 0.551. The van der Waals surface area contributed by atoms with E-state index >= 15 is 0 Å². The maximum absolute atomic E-state index is 10.7. The number of allylic oxidation sites excluding steroid dienone is 2. The second-order valence-corrected chi connectivity index (χ2v) is 7.43. The van der Waals surface area contributed by atoms with E-state index in [1.54, 1.807) is 0 Å². The van der Waals surface area contributed by atoms with Gasteiger partial charge in [-0.3, -0.25) is 0 Å². The molecular formula is C24H32O2. The van der Waals surface area contributed by atoms with E-state index in [9.17, 15) is 10.2 Å². The fourth-order valence-electron chi connectivity index (χ4n) is 3.66. The minimum absolute atomic E-state index is 0.0292. The number of hydrogen-bond donors (Lipinski definition) is 2. The van der Waals surface area contributed by atoms with Crippen LogP contribution in [0.25, 0.3) is 0 Å². The van der Waals surface area contributed by atoms with Gasteiger partial charge in [-0.2, -0.15) is 0 Å². The first kappa shape index (κ1) is 20.1. The summed E-state index contributed by atoms with van der Waals surface area (Å²) in [5.41, 5.74) is 5.85. The number of phenols is 2. The van der Waals surface area contributed by atoms with Gasteiger partial charge >= 0.3 is 0 Å². The second-order valence-electron chi connectivity index (χ2n) is 7.43. The van der Waals surface area contributed by atoms with Crippen LogP contribution in [0.3, 0.4) is 0 Å². The molecule has 2 aromatic rings. The maximum atomic E-state index is 10.7. The summed E-state index contributed by atoms with van der Waals surface area (Å²) < 4.78 is 0. The maximum Gasteiger partial charge on any atom is 0.122 e. The van der Waals surface area contributed by atoms with Crippen molar-refractivity contribution >= 4 is 0 Å². The Labute approximate surface area is 158 Å². The van der Waals surface area contributed by atoms with E-state index < -0.39 is 0 Å². The summed E-state index contributed by atoms with van der Waals surface area (Å²) in [7, 11) is 0. The number of hydrogen-bond acceptors (Lipinski definition) is 2. The molecule has 0 bridgehead atoms. The van der Waals surface area contributed by atoms with Crippen LogP contribution in [0, 0.1) is 27.7 Å². The highest BCUT2D eigenvalue weighted by Gasteiger charge is 2.22. The normalized spacial score (nSPS) is 11.6. The highest BCUT2D eigenvalue weighted by atomic mass is 16.3. The third-order valence-corrected chi connectivity index (χ3v) is 4.94. The molecule has 2 heteroatoms. The number of benzene rings is 2. The van der Waals surface area contributed by atoms with Crippen LogP contribution >= 0.6 is 0 Å². The number of phenolic OH excluding ortho intramolecular Hbond substituents is 2. The molecule has 0 unspecified atom stereocenters. The van der Waals surface area contributed by atoms with E-state index in [2.05, 4.69) is 45.1 Å². The van der Waals surface area contributed by atoms with Crippen LogP contribution in [-0.4, -0.2) is 10.2 Å². The molecular weight excluding hydrogens is 320 g/mol. The lowest BCUT2D eigenvalue weighted by Crippen LogP contribution is -2.05. The lowest BCUT2D eigenvalue weighted by Gasteiger charge is -2.22. The fraction of sp³-hybridized carbons (Fsp3) is 0.417. The molecule has 0 aliphatic carbocycles. The first-order valence-electron chi connectivity index (χ1n) is 9.60. The first-order chi connectivity index (χ1) is 12.3. The third-order valence-electron chi connectivity index (χ3n) is 4.94. The Morgan fingerprint density at radius 2 is 1.23 bits per heavy atom. The molecule has 0 atom stereocenters. The Morgan fingerprint density at radius 1 is 0.769 bits per heavy atom. The predicted molar refractivity (Wildman–Crippen MR) is 110 cm³/mol. The van der Waals surface area contributed by atoms with Crippen LogP contribution in [0.2, 0.25) is 0 Å². The molecule has 2 rings (SSSR count). The van der Waals surface area contributed by atoms with Crippen LogP contribution in [0.5, 0.6) is 11.5 Å². The zero-order valence-electron chi connectivity index (χ0n) is 16.8. The first-order valence-corrected chi connectivity index (χ1v) is 9.60. The van der Waals surface area contributed by atoms with Crippen molar-refractivity contribution in [2.75, 3.05) is 0 Å². The molecule has 2 N–H and O–H groups in total. The molecule has 0 saturated carbocycles. The Balaban J connectivity index is 2.50. The summed E-state index contributed by atoms with van der Waals surface area (Å²) >= 11 is 0. The van der Waals surface area contributed by atoms with E-state index in [0.717, 1.165) is 59.1 Å². The van der Waals surface area contributed by atoms with E-state index in [0.29, 0.717) is 11.5 Å². The van der Waals surface area contributed by atoms with E-state index in [4.69, 9.17) is 0 Å². The van der Waals surface area contributed by atoms with Crippen LogP contribution < -0.4 is 0 Å². The number of aryl methyl sites for hydroxylation is 4. The van der Waals surface area contributed by atoms with Crippen molar-refractivity contribution in [3.05, 3.63) is 69.8 Å². The SMILES string of the molecule is CCCC=CCCC(c1cc(C)cc(C)c1O)c1cc(C)cc(C)c1O. The number of unbranched alkanes of at least 4 members (excludes halogenated alkanes) is 1. The van der Waals surface area contributed by atoms with Gasteiger partial charge in [0, 0.05) is 17.0 Å². The molecule has 26 heavy (non-hydrogen) atoms. The second kappa shape index (κ2) is 8.93. The highest BCUT2D eigenvalue weighted by molar-refractivity contribution is 5.53. The largest absolute Gasteiger partial charge is 0.507 e. The van der Waals surface area contributed by atoms with Crippen LogP contribution in [0.4, 0.5) is 0 Å². The topological polar surface area (TPSA) is 40.5 Å². The number of aromatic hydroxyl groups is 2. The lowest BCUT2D eigenvalue weighted by atomic mass is 9.83. The molecule has 0 spiro atoms. The van der Waals surface area contributed by atoms with Crippen molar-refractivity contribution in [1.82, 2.24) is 0 Å². The van der Waals surface area contributed by atoms with Gasteiger partial charge in [-0.1, -0.05) is 60.9 Å². The highest BCUT2D eigenvalue weighted by Crippen LogP contribution is 2.42. The van der Waals surface area contributed by atoms with Gasteiger partial charge in [0.2, 0.25) is 0 Å². The minimum atomic E-state index is -0.0292. The molecule has 0 fully saturated rings. The van der Waals surface area contributed by atoms with Gasteiger partial charge < -0.3 is 10.2 Å². The zero-order chi connectivity index (χ0) is 19.3. The van der Waals surface area contributed by atoms with Gasteiger partial charge in [0.15, 0.2) is 0 Å². The molecule has 0 amide bonds. The molecule has 0 aliphatic rings. The Kier molecular flexibility index (Phi) is 6.90. The molecule has 0 saturated heterocycles. The van der Waals surface area contributed by atoms with E-state index in [1.165, 1.54) is 0 Å². The van der Waals surface area contributed by atoms with Crippen LogP contribution in [0.1, 0.15) is 71.9 Å². The van der Waals surface area contributed by atoms with Gasteiger partial charge in [0.1, 0.15) is 11.5 Å². The smallest absolute Gasteiger partial charge is 0.122 e. The average molecular weight is 353 g/mol. The molecule has 2 aromatic carbocycles. The monoisotopic (exact) mass is 352 g/mol. The van der Waals surface area contributed by atoms with Crippen molar-refractivity contribution in [1.29, 1.82) is 0 Å².